The van der Waals surface area contributed by atoms with Gasteiger partial charge in [-0.25, -0.2) is 0 Å². The number of aromatic amines is 1. The number of aliphatic hydroxyl groups is 1. The number of aliphatic hydroxyl groups excluding tert-OH is 1. The number of aromatic nitrogens is 1. The molecule has 190 valence electrons. The third-order valence-corrected chi connectivity index (χ3v) is 8.75. The number of carbonyl (C=O) groups is 1. The average molecular weight is 483 g/mol. The number of rotatable bonds is 6. The van der Waals surface area contributed by atoms with Crippen molar-refractivity contribution >= 4 is 16.8 Å². The molecule has 1 amide bonds. The van der Waals surface area contributed by atoms with Crippen molar-refractivity contribution in [2.24, 2.45) is 5.92 Å². The maximum absolute atomic E-state index is 13.6. The highest BCUT2D eigenvalue weighted by atomic mass is 16.5. The van der Waals surface area contributed by atoms with Crippen molar-refractivity contribution in [2.75, 3.05) is 72.7 Å². The van der Waals surface area contributed by atoms with E-state index < -0.39 is 0 Å². The lowest BCUT2D eigenvalue weighted by Crippen LogP contribution is -2.67. The normalized spacial score (nSPS) is 25.2. The summed E-state index contributed by atoms with van der Waals surface area (Å²) in [6.07, 6.45) is 5.41. The summed E-state index contributed by atoms with van der Waals surface area (Å²) in [4.78, 5) is 24.0. The smallest absolute Gasteiger partial charge is 0.237 e. The second kappa shape index (κ2) is 9.39. The first-order valence-corrected chi connectivity index (χ1v) is 13.2. The molecule has 8 heteroatoms. The van der Waals surface area contributed by atoms with Crippen molar-refractivity contribution in [3.63, 3.8) is 0 Å². The Labute approximate surface area is 207 Å². The van der Waals surface area contributed by atoms with Crippen molar-refractivity contribution < 1.29 is 19.4 Å². The highest BCUT2D eigenvalue weighted by molar-refractivity contribution is 5.89. The van der Waals surface area contributed by atoms with E-state index in [1.54, 1.807) is 7.11 Å². The van der Waals surface area contributed by atoms with Crippen LogP contribution in [-0.4, -0.2) is 103 Å². The standard InChI is InChI=1S/C27H38N4O4/c1-34-20-6-7-21-22(12-20)28-26-23(15-32)31(24(33)14-29-8-10-35-11-9-29)18-27(25(21)26)16-30(17-27)13-19-4-2-3-5-19/h6-7,12,19,23,28,32H,2-5,8-11,13-18H2,1H3/t23-/m1/s1. The van der Waals surface area contributed by atoms with Gasteiger partial charge in [0.1, 0.15) is 5.75 Å². The second-order valence-corrected chi connectivity index (χ2v) is 11.0. The molecule has 1 aromatic heterocycles. The molecule has 1 spiro atoms. The Morgan fingerprint density at radius 2 is 1.94 bits per heavy atom. The Morgan fingerprint density at radius 3 is 2.66 bits per heavy atom. The average Bonchev–Trinajstić information content (AvgIpc) is 3.50. The molecule has 1 aliphatic carbocycles. The SMILES string of the molecule is COc1ccc2c3c([nH]c2c1)[C@@H](CO)N(C(=O)CN1CCOCC1)CC31CN(CC2CCCC2)C1. The van der Waals surface area contributed by atoms with Gasteiger partial charge in [-0.1, -0.05) is 12.8 Å². The molecule has 3 fully saturated rings. The van der Waals surface area contributed by atoms with Crippen molar-refractivity contribution in [2.45, 2.75) is 37.1 Å². The number of methoxy groups -OCH3 is 1. The van der Waals surface area contributed by atoms with E-state index in [0.29, 0.717) is 26.3 Å². The molecule has 2 saturated heterocycles. The number of amides is 1. The van der Waals surface area contributed by atoms with Crippen LogP contribution in [0.1, 0.15) is 43.0 Å². The van der Waals surface area contributed by atoms with Gasteiger partial charge in [0.15, 0.2) is 0 Å². The highest BCUT2D eigenvalue weighted by Crippen LogP contribution is 2.49. The third-order valence-electron chi connectivity index (χ3n) is 8.75. The molecule has 1 aromatic carbocycles. The minimum Gasteiger partial charge on any atom is -0.497 e. The van der Waals surface area contributed by atoms with Crippen LogP contribution in [0.25, 0.3) is 10.9 Å². The van der Waals surface area contributed by atoms with E-state index in [2.05, 4.69) is 20.9 Å². The predicted molar refractivity (Wildman–Crippen MR) is 134 cm³/mol. The van der Waals surface area contributed by atoms with Crippen molar-refractivity contribution in [1.82, 2.24) is 19.7 Å². The highest BCUT2D eigenvalue weighted by Gasteiger charge is 2.53. The largest absolute Gasteiger partial charge is 0.497 e. The summed E-state index contributed by atoms with van der Waals surface area (Å²) in [5.41, 5.74) is 3.21. The predicted octanol–water partition coefficient (Wildman–Crippen LogP) is 2.13. The van der Waals surface area contributed by atoms with Gasteiger partial charge in [0.25, 0.3) is 0 Å². The molecule has 6 rings (SSSR count). The molecule has 0 unspecified atom stereocenters. The molecule has 35 heavy (non-hydrogen) atoms. The molecule has 8 nitrogen and oxygen atoms in total. The van der Waals surface area contributed by atoms with Crippen molar-refractivity contribution in [1.29, 1.82) is 0 Å². The fourth-order valence-electron chi connectivity index (χ4n) is 7.07. The summed E-state index contributed by atoms with van der Waals surface area (Å²) in [7, 11) is 1.68. The van der Waals surface area contributed by atoms with Gasteiger partial charge >= 0.3 is 0 Å². The molecule has 2 N–H and O–H groups in total. The van der Waals surface area contributed by atoms with Gasteiger partial charge in [-0.05, 0) is 36.5 Å². The lowest BCUT2D eigenvalue weighted by atomic mass is 9.68. The van der Waals surface area contributed by atoms with Crippen LogP contribution in [0.5, 0.6) is 5.75 Å². The molecule has 0 radical (unpaired) electrons. The monoisotopic (exact) mass is 482 g/mol. The molecule has 3 aliphatic heterocycles. The lowest BCUT2D eigenvalue weighted by molar-refractivity contribution is -0.141. The summed E-state index contributed by atoms with van der Waals surface area (Å²) in [6.45, 7) is 6.95. The Hall–Kier alpha value is -2.13. The summed E-state index contributed by atoms with van der Waals surface area (Å²) in [5.74, 6) is 1.72. The fourth-order valence-corrected chi connectivity index (χ4v) is 7.07. The number of H-pyrrole nitrogens is 1. The maximum atomic E-state index is 13.6. The molecule has 4 aliphatic rings. The van der Waals surface area contributed by atoms with Gasteiger partial charge in [0, 0.05) is 67.3 Å². The van der Waals surface area contributed by atoms with E-state index in [4.69, 9.17) is 9.47 Å². The first kappa shape index (κ1) is 23.3. The van der Waals surface area contributed by atoms with Crippen molar-refractivity contribution in [3.05, 3.63) is 29.5 Å². The van der Waals surface area contributed by atoms with Crippen LogP contribution in [0.15, 0.2) is 18.2 Å². The van der Waals surface area contributed by atoms with Gasteiger partial charge in [-0.2, -0.15) is 0 Å². The molecular formula is C27H38N4O4. The van der Waals surface area contributed by atoms with Gasteiger partial charge in [-0.3, -0.25) is 9.69 Å². The van der Waals surface area contributed by atoms with Crippen molar-refractivity contribution in [3.8, 4) is 5.75 Å². The molecular weight excluding hydrogens is 444 g/mol. The van der Waals surface area contributed by atoms with Crippen LogP contribution in [0.3, 0.4) is 0 Å². The number of nitrogens with one attached hydrogen (secondary N) is 1. The van der Waals surface area contributed by atoms with Crippen LogP contribution in [0.2, 0.25) is 0 Å². The number of ether oxygens (including phenoxy) is 2. The Bertz CT molecular complexity index is 1070. The number of fused-ring (bicyclic) bond motifs is 4. The number of nitrogens with zero attached hydrogens (tertiary/aromatic N) is 3. The zero-order valence-corrected chi connectivity index (χ0v) is 20.8. The van der Waals surface area contributed by atoms with E-state index in [1.807, 2.05) is 17.0 Å². The molecule has 1 atom stereocenters. The fraction of sp³-hybridized carbons (Fsp3) is 0.667. The quantitative estimate of drug-likeness (QED) is 0.657. The van der Waals surface area contributed by atoms with E-state index in [9.17, 15) is 9.90 Å². The molecule has 4 heterocycles. The topological polar surface area (TPSA) is 81.3 Å². The van der Waals surface area contributed by atoms with Gasteiger partial charge in [-0.15, -0.1) is 0 Å². The number of hydrogen-bond donors (Lipinski definition) is 2. The van der Waals surface area contributed by atoms with E-state index >= 15 is 0 Å². The second-order valence-electron chi connectivity index (χ2n) is 11.0. The maximum Gasteiger partial charge on any atom is 0.237 e. The Morgan fingerprint density at radius 1 is 1.17 bits per heavy atom. The van der Waals surface area contributed by atoms with E-state index in [1.165, 1.54) is 43.2 Å². The number of carbonyl (C=O) groups excluding carboxylic acids is 1. The minimum absolute atomic E-state index is 0.0896. The Balaban J connectivity index is 1.33. The Kier molecular flexibility index (Phi) is 6.25. The number of hydrogen-bond acceptors (Lipinski definition) is 6. The zero-order chi connectivity index (χ0) is 24.0. The van der Waals surface area contributed by atoms with Crippen LogP contribution >= 0.6 is 0 Å². The summed E-state index contributed by atoms with van der Waals surface area (Å²) < 4.78 is 10.9. The van der Waals surface area contributed by atoms with Gasteiger partial charge < -0.3 is 29.4 Å². The first-order valence-electron chi connectivity index (χ1n) is 13.2. The molecule has 1 saturated carbocycles. The lowest BCUT2D eigenvalue weighted by Gasteiger charge is -2.57. The summed E-state index contributed by atoms with van der Waals surface area (Å²) >= 11 is 0. The third kappa shape index (κ3) is 4.14. The van der Waals surface area contributed by atoms with Crippen LogP contribution in [0, 0.1) is 5.92 Å². The number of likely N-dealkylation sites (tertiary alicyclic amines) is 1. The van der Waals surface area contributed by atoms with Gasteiger partial charge in [0.2, 0.25) is 5.91 Å². The molecule has 2 aromatic rings. The van der Waals surface area contributed by atoms with Crippen LogP contribution in [-0.2, 0) is 14.9 Å². The van der Waals surface area contributed by atoms with Crippen LogP contribution in [0.4, 0.5) is 0 Å². The summed E-state index contributed by atoms with van der Waals surface area (Å²) in [6, 6.07) is 5.84. The minimum atomic E-state index is -0.355. The van der Waals surface area contributed by atoms with Crippen LogP contribution < -0.4 is 4.74 Å². The van der Waals surface area contributed by atoms with Gasteiger partial charge in [0.05, 0.1) is 39.5 Å². The number of benzene rings is 1. The van der Waals surface area contributed by atoms with E-state index in [-0.39, 0.29) is 24.0 Å². The first-order chi connectivity index (χ1) is 17.1. The molecule has 0 bridgehead atoms. The van der Waals surface area contributed by atoms with E-state index in [0.717, 1.165) is 49.1 Å². The number of morpholine rings is 1. The zero-order valence-electron chi connectivity index (χ0n) is 20.8. The summed E-state index contributed by atoms with van der Waals surface area (Å²) in [5, 5.41) is 11.7.